The van der Waals surface area contributed by atoms with Crippen LogP contribution < -0.4 is 5.32 Å². The Morgan fingerprint density at radius 3 is 3.17 bits per heavy atom. The maximum absolute atomic E-state index is 4.04. The first-order valence-corrected chi connectivity index (χ1v) is 4.47. The molecule has 1 saturated heterocycles. The minimum Gasteiger partial charge on any atom is -0.314 e. The van der Waals surface area contributed by atoms with Crippen molar-refractivity contribution in [1.29, 1.82) is 0 Å². The number of H-pyrrole nitrogens is 1. The van der Waals surface area contributed by atoms with Crippen LogP contribution in [0.3, 0.4) is 0 Å². The molecule has 4 heteroatoms. The second kappa shape index (κ2) is 3.23. The van der Waals surface area contributed by atoms with E-state index in [1.54, 1.807) is 0 Å². The van der Waals surface area contributed by atoms with E-state index in [4.69, 9.17) is 0 Å². The van der Waals surface area contributed by atoms with Crippen LogP contribution >= 0.6 is 0 Å². The lowest BCUT2D eigenvalue weighted by molar-refractivity contribution is 0.365. The highest BCUT2D eigenvalue weighted by Gasteiger charge is 2.23. The van der Waals surface area contributed by atoms with Gasteiger partial charge in [-0.3, -0.25) is 5.10 Å². The third kappa shape index (κ3) is 1.34. The Kier molecular flexibility index (Phi) is 2.08. The van der Waals surface area contributed by atoms with E-state index in [0.717, 1.165) is 12.2 Å². The van der Waals surface area contributed by atoms with Crippen molar-refractivity contribution in [2.24, 2.45) is 0 Å². The fourth-order valence-electron chi connectivity index (χ4n) is 1.84. The van der Waals surface area contributed by atoms with Crippen LogP contribution in [0.1, 0.15) is 31.4 Å². The van der Waals surface area contributed by atoms with Gasteiger partial charge in [0.2, 0.25) is 0 Å². The second-order valence-electron chi connectivity index (χ2n) is 3.39. The molecule has 12 heavy (non-hydrogen) atoms. The summed E-state index contributed by atoms with van der Waals surface area (Å²) in [4.78, 5) is 0. The van der Waals surface area contributed by atoms with Crippen LogP contribution in [-0.2, 0) is 0 Å². The van der Waals surface area contributed by atoms with Crippen LogP contribution in [0.25, 0.3) is 0 Å². The van der Waals surface area contributed by atoms with Crippen molar-refractivity contribution in [1.82, 2.24) is 20.7 Å². The van der Waals surface area contributed by atoms with Crippen molar-refractivity contribution in [2.75, 3.05) is 6.54 Å². The van der Waals surface area contributed by atoms with E-state index >= 15 is 0 Å². The highest BCUT2D eigenvalue weighted by molar-refractivity contribution is 5.06. The standard InChI is InChI=1S/C8H14N4/c1-6-7(3-2-4-9-6)8-5-10-12-11-8/h5-7,9H,2-4H2,1H3,(H,10,11,12). The number of aromatic amines is 1. The first-order valence-electron chi connectivity index (χ1n) is 4.47. The lowest BCUT2D eigenvalue weighted by atomic mass is 9.90. The molecule has 1 aromatic rings. The Morgan fingerprint density at radius 1 is 1.58 bits per heavy atom. The smallest absolute Gasteiger partial charge is 0.0870 e. The summed E-state index contributed by atoms with van der Waals surface area (Å²) < 4.78 is 0. The lowest BCUT2D eigenvalue weighted by Gasteiger charge is -2.28. The van der Waals surface area contributed by atoms with Gasteiger partial charge in [-0.2, -0.15) is 0 Å². The Morgan fingerprint density at radius 2 is 2.50 bits per heavy atom. The molecule has 0 saturated carbocycles. The first-order chi connectivity index (χ1) is 5.88. The van der Waals surface area contributed by atoms with Gasteiger partial charge in [0.25, 0.3) is 0 Å². The fraction of sp³-hybridized carbons (Fsp3) is 0.750. The predicted molar refractivity (Wildman–Crippen MR) is 45.8 cm³/mol. The Labute approximate surface area is 71.8 Å². The van der Waals surface area contributed by atoms with E-state index in [-0.39, 0.29) is 0 Å². The van der Waals surface area contributed by atoms with E-state index in [1.165, 1.54) is 12.8 Å². The molecule has 2 heterocycles. The topological polar surface area (TPSA) is 53.6 Å². The largest absolute Gasteiger partial charge is 0.314 e. The second-order valence-corrected chi connectivity index (χ2v) is 3.39. The molecular formula is C8H14N4. The Balaban J connectivity index is 2.11. The maximum Gasteiger partial charge on any atom is 0.0870 e. The average Bonchev–Trinajstić information content (AvgIpc) is 2.57. The first kappa shape index (κ1) is 7.73. The summed E-state index contributed by atoms with van der Waals surface area (Å²) in [6.45, 7) is 3.34. The molecule has 0 aliphatic carbocycles. The van der Waals surface area contributed by atoms with Gasteiger partial charge < -0.3 is 5.32 Å². The summed E-state index contributed by atoms with van der Waals surface area (Å²) in [5.74, 6) is 0.539. The maximum atomic E-state index is 4.04. The molecule has 2 unspecified atom stereocenters. The average molecular weight is 166 g/mol. The van der Waals surface area contributed by atoms with Crippen LogP contribution in [-0.4, -0.2) is 28.0 Å². The van der Waals surface area contributed by atoms with Crippen LogP contribution in [0, 0.1) is 0 Å². The zero-order valence-corrected chi connectivity index (χ0v) is 7.25. The van der Waals surface area contributed by atoms with E-state index < -0.39 is 0 Å². The minimum absolute atomic E-state index is 0.531. The van der Waals surface area contributed by atoms with Crippen LogP contribution in [0.5, 0.6) is 0 Å². The van der Waals surface area contributed by atoms with Gasteiger partial charge in [0, 0.05) is 18.2 Å². The van der Waals surface area contributed by atoms with Crippen molar-refractivity contribution < 1.29 is 0 Å². The van der Waals surface area contributed by atoms with Gasteiger partial charge in [0.05, 0.1) is 5.69 Å². The summed E-state index contributed by atoms with van der Waals surface area (Å²) in [7, 11) is 0. The van der Waals surface area contributed by atoms with Gasteiger partial charge in [-0.25, -0.2) is 0 Å². The van der Waals surface area contributed by atoms with Gasteiger partial charge in [-0.05, 0) is 26.3 Å². The number of rotatable bonds is 1. The lowest BCUT2D eigenvalue weighted by Crippen LogP contribution is -2.37. The van der Waals surface area contributed by atoms with E-state index in [1.807, 2.05) is 6.20 Å². The molecule has 66 valence electrons. The quantitative estimate of drug-likeness (QED) is 0.644. The van der Waals surface area contributed by atoms with Crippen molar-refractivity contribution in [3.63, 3.8) is 0 Å². The van der Waals surface area contributed by atoms with Crippen LogP contribution in [0.15, 0.2) is 6.20 Å². The summed E-state index contributed by atoms with van der Waals surface area (Å²) in [5, 5.41) is 14.0. The zero-order valence-electron chi connectivity index (χ0n) is 7.25. The van der Waals surface area contributed by atoms with Crippen molar-refractivity contribution in [3.05, 3.63) is 11.9 Å². The minimum atomic E-state index is 0.531. The molecule has 0 radical (unpaired) electrons. The van der Waals surface area contributed by atoms with Gasteiger partial charge in [-0.1, -0.05) is 5.21 Å². The molecule has 2 rings (SSSR count). The van der Waals surface area contributed by atoms with Gasteiger partial charge >= 0.3 is 0 Å². The summed E-state index contributed by atoms with van der Waals surface area (Å²) in [6, 6.07) is 0.531. The molecule has 2 atom stereocenters. The van der Waals surface area contributed by atoms with Gasteiger partial charge in [0.1, 0.15) is 0 Å². The molecular weight excluding hydrogens is 152 g/mol. The molecule has 1 aromatic heterocycles. The summed E-state index contributed by atoms with van der Waals surface area (Å²) in [6.07, 6.45) is 4.36. The molecule has 1 fully saturated rings. The fourth-order valence-corrected chi connectivity index (χ4v) is 1.84. The molecule has 4 nitrogen and oxygen atoms in total. The zero-order chi connectivity index (χ0) is 8.39. The number of nitrogens with one attached hydrogen (secondary N) is 2. The van der Waals surface area contributed by atoms with E-state index in [9.17, 15) is 0 Å². The molecule has 2 N–H and O–H groups in total. The normalized spacial score (nSPS) is 30.4. The van der Waals surface area contributed by atoms with Crippen molar-refractivity contribution in [2.45, 2.75) is 31.7 Å². The highest BCUT2D eigenvalue weighted by Crippen LogP contribution is 2.25. The van der Waals surface area contributed by atoms with Crippen molar-refractivity contribution >= 4 is 0 Å². The van der Waals surface area contributed by atoms with Gasteiger partial charge in [-0.15, -0.1) is 5.10 Å². The molecule has 0 spiro atoms. The third-order valence-electron chi connectivity index (χ3n) is 2.58. The van der Waals surface area contributed by atoms with E-state index in [2.05, 4.69) is 27.7 Å². The van der Waals surface area contributed by atoms with E-state index in [0.29, 0.717) is 12.0 Å². The third-order valence-corrected chi connectivity index (χ3v) is 2.58. The molecule has 1 aliphatic rings. The van der Waals surface area contributed by atoms with Crippen molar-refractivity contribution in [3.8, 4) is 0 Å². The summed E-state index contributed by atoms with van der Waals surface area (Å²) >= 11 is 0. The summed E-state index contributed by atoms with van der Waals surface area (Å²) in [5.41, 5.74) is 1.09. The number of hydrogen-bond acceptors (Lipinski definition) is 3. The van der Waals surface area contributed by atoms with Crippen LogP contribution in [0.4, 0.5) is 0 Å². The number of nitrogens with zero attached hydrogens (tertiary/aromatic N) is 2. The predicted octanol–water partition coefficient (Wildman–Crippen LogP) is 0.660. The SMILES string of the molecule is CC1NCCCC1c1c[nH]nn1. The monoisotopic (exact) mass is 166 g/mol. The van der Waals surface area contributed by atoms with Crippen LogP contribution in [0.2, 0.25) is 0 Å². The highest BCUT2D eigenvalue weighted by atomic mass is 15.3. The van der Waals surface area contributed by atoms with Gasteiger partial charge in [0.15, 0.2) is 0 Å². The Hall–Kier alpha value is -0.900. The molecule has 0 amide bonds. The number of aromatic nitrogens is 3. The molecule has 0 aromatic carbocycles. The number of hydrogen-bond donors (Lipinski definition) is 2. The molecule has 0 bridgehead atoms. The molecule has 1 aliphatic heterocycles. The number of piperidine rings is 1. The Bertz CT molecular complexity index is 231.